The van der Waals surface area contributed by atoms with Crippen LogP contribution < -0.4 is 15.2 Å². The van der Waals surface area contributed by atoms with E-state index in [2.05, 4.69) is 26.9 Å². The van der Waals surface area contributed by atoms with Crippen molar-refractivity contribution in [2.45, 2.75) is 6.18 Å². The number of carbonyl (C=O) groups is 1. The number of carbonyl (C=O) groups excluding carboxylic acids is 1. The predicted octanol–water partition coefficient (Wildman–Crippen LogP) is 1.68. The fourth-order valence-electron chi connectivity index (χ4n) is 1.41. The molecule has 0 aliphatic carbocycles. The van der Waals surface area contributed by atoms with Crippen molar-refractivity contribution in [2.24, 2.45) is 4.99 Å². The van der Waals surface area contributed by atoms with Crippen LogP contribution in [0.1, 0.15) is 9.67 Å². The van der Waals surface area contributed by atoms with Gasteiger partial charge in [0.1, 0.15) is 10.6 Å². The standard InChI is InChI=1S/C12H9F3N4OS2/c1-6-7(3-9(16-2)12(13,14)15)22-11(18-6)19-10(20)8-4-17-5-21-8/h3-5H,1H2,2H3,(H,18,19,20)/b7-3+,16-9+. The van der Waals surface area contributed by atoms with Crippen LogP contribution >= 0.6 is 22.7 Å². The minimum Gasteiger partial charge on any atom is -0.297 e. The molecule has 0 saturated heterocycles. The van der Waals surface area contributed by atoms with Gasteiger partial charge in [0.15, 0.2) is 5.13 Å². The summed E-state index contributed by atoms with van der Waals surface area (Å²) in [5, 5.41) is 2.79. The first-order valence-corrected chi connectivity index (χ1v) is 7.42. The number of hydrogen-bond acceptors (Lipinski definition) is 6. The number of alkyl halides is 3. The lowest BCUT2D eigenvalue weighted by Crippen LogP contribution is -2.27. The van der Waals surface area contributed by atoms with Gasteiger partial charge in [0.05, 0.1) is 21.6 Å². The van der Waals surface area contributed by atoms with Crippen molar-refractivity contribution in [1.29, 1.82) is 0 Å². The number of rotatable bonds is 3. The Morgan fingerprint density at radius 3 is 2.77 bits per heavy atom. The molecule has 1 amide bonds. The largest absolute Gasteiger partial charge is 0.432 e. The number of nitrogens with one attached hydrogen (secondary N) is 1. The summed E-state index contributed by atoms with van der Waals surface area (Å²) in [6, 6.07) is 0. The molecule has 1 N–H and O–H groups in total. The summed E-state index contributed by atoms with van der Waals surface area (Å²) in [5.41, 5.74) is 0.456. The van der Waals surface area contributed by atoms with Gasteiger partial charge in [0, 0.05) is 7.05 Å². The van der Waals surface area contributed by atoms with E-state index in [-0.39, 0.29) is 15.0 Å². The van der Waals surface area contributed by atoms with Gasteiger partial charge in [0.2, 0.25) is 0 Å². The van der Waals surface area contributed by atoms with Gasteiger partial charge in [-0.1, -0.05) is 17.9 Å². The molecule has 0 atom stereocenters. The number of halogens is 3. The number of thiazole rings is 2. The Hall–Kier alpha value is -2.07. The Bertz CT molecular complexity index is 809. The van der Waals surface area contributed by atoms with Gasteiger partial charge >= 0.3 is 6.18 Å². The van der Waals surface area contributed by atoms with Crippen LogP contribution in [0.15, 0.2) is 16.7 Å². The van der Waals surface area contributed by atoms with Crippen LogP contribution in [0.2, 0.25) is 0 Å². The molecule has 0 aromatic carbocycles. The number of aromatic nitrogens is 2. The second-order valence-corrected chi connectivity index (χ2v) is 5.82. The Balaban J connectivity index is 2.29. The molecule has 5 nitrogen and oxygen atoms in total. The number of aliphatic imine (C=N–C) groups is 1. The Morgan fingerprint density at radius 1 is 1.50 bits per heavy atom. The van der Waals surface area contributed by atoms with Gasteiger partial charge in [0.25, 0.3) is 5.91 Å². The summed E-state index contributed by atoms with van der Waals surface area (Å²) in [6.45, 7) is 3.57. The zero-order chi connectivity index (χ0) is 16.3. The lowest BCUT2D eigenvalue weighted by atomic mass is 10.3. The van der Waals surface area contributed by atoms with E-state index in [0.717, 1.165) is 35.8 Å². The maximum atomic E-state index is 12.7. The summed E-state index contributed by atoms with van der Waals surface area (Å²) in [6.07, 6.45) is -2.32. The fraction of sp³-hybridized carbons (Fsp3) is 0.167. The molecular formula is C12H9F3N4OS2. The Kier molecular flexibility index (Phi) is 4.71. The van der Waals surface area contributed by atoms with Crippen LogP contribution in [-0.4, -0.2) is 34.8 Å². The smallest absolute Gasteiger partial charge is 0.297 e. The summed E-state index contributed by atoms with van der Waals surface area (Å²) in [5.74, 6) is -0.428. The summed E-state index contributed by atoms with van der Waals surface area (Å²) < 4.78 is 38.2. The van der Waals surface area contributed by atoms with Crippen molar-refractivity contribution in [3.05, 3.63) is 26.5 Å². The number of nitrogens with zero attached hydrogens (tertiary/aromatic N) is 3. The van der Waals surface area contributed by atoms with E-state index in [1.807, 2.05) is 0 Å². The highest BCUT2D eigenvalue weighted by atomic mass is 32.1. The molecule has 0 spiro atoms. The molecule has 0 radical (unpaired) electrons. The van der Waals surface area contributed by atoms with Crippen molar-refractivity contribution < 1.29 is 18.0 Å². The van der Waals surface area contributed by atoms with Crippen LogP contribution in [0.5, 0.6) is 0 Å². The average molecular weight is 346 g/mol. The van der Waals surface area contributed by atoms with Crippen molar-refractivity contribution in [1.82, 2.24) is 9.97 Å². The van der Waals surface area contributed by atoms with E-state index < -0.39 is 17.8 Å². The maximum Gasteiger partial charge on any atom is 0.432 e. The first-order valence-electron chi connectivity index (χ1n) is 5.72. The van der Waals surface area contributed by atoms with Gasteiger partial charge in [-0.3, -0.25) is 20.1 Å². The minimum atomic E-state index is -4.56. The van der Waals surface area contributed by atoms with E-state index in [0.29, 0.717) is 4.88 Å². The van der Waals surface area contributed by atoms with E-state index in [4.69, 9.17) is 0 Å². The molecule has 2 heterocycles. The molecule has 0 unspecified atom stereocenters. The van der Waals surface area contributed by atoms with Crippen LogP contribution in [0.4, 0.5) is 18.3 Å². The van der Waals surface area contributed by atoms with Crippen LogP contribution in [0, 0.1) is 0 Å². The molecule has 0 bridgehead atoms. The number of anilines is 1. The monoisotopic (exact) mass is 346 g/mol. The molecule has 2 aromatic rings. The van der Waals surface area contributed by atoms with Gasteiger partial charge in [-0.15, -0.1) is 11.3 Å². The Morgan fingerprint density at radius 2 is 2.23 bits per heavy atom. The van der Waals surface area contributed by atoms with Crippen LogP contribution in [0.3, 0.4) is 0 Å². The molecule has 0 aliphatic rings. The summed E-state index contributed by atoms with van der Waals surface area (Å²) in [7, 11) is 1.05. The molecule has 0 saturated carbocycles. The third-order valence-corrected chi connectivity index (χ3v) is 4.14. The second-order valence-electron chi connectivity index (χ2n) is 3.90. The molecule has 10 heteroatoms. The molecular weight excluding hydrogens is 337 g/mol. The van der Waals surface area contributed by atoms with Crippen molar-refractivity contribution in [3.8, 4) is 0 Å². The topological polar surface area (TPSA) is 67.2 Å². The van der Waals surface area contributed by atoms with Crippen LogP contribution in [0.25, 0.3) is 12.7 Å². The molecule has 0 aliphatic heterocycles. The van der Waals surface area contributed by atoms with Gasteiger partial charge in [-0.05, 0) is 6.08 Å². The lowest BCUT2D eigenvalue weighted by molar-refractivity contribution is -0.0569. The van der Waals surface area contributed by atoms with Crippen molar-refractivity contribution in [2.75, 3.05) is 12.4 Å². The highest BCUT2D eigenvalue weighted by Gasteiger charge is 2.33. The van der Waals surface area contributed by atoms with E-state index >= 15 is 0 Å². The van der Waals surface area contributed by atoms with E-state index in [1.54, 1.807) is 0 Å². The van der Waals surface area contributed by atoms with E-state index in [9.17, 15) is 18.0 Å². The normalized spacial score (nSPS) is 13.5. The number of hydrogen-bond donors (Lipinski definition) is 1. The molecule has 22 heavy (non-hydrogen) atoms. The second kappa shape index (κ2) is 6.36. The zero-order valence-electron chi connectivity index (χ0n) is 11.1. The Labute approximate surface area is 130 Å². The highest BCUT2D eigenvalue weighted by Crippen LogP contribution is 2.18. The molecule has 0 fully saturated rings. The van der Waals surface area contributed by atoms with E-state index in [1.165, 1.54) is 11.7 Å². The van der Waals surface area contributed by atoms with Gasteiger partial charge in [-0.25, -0.2) is 4.98 Å². The minimum absolute atomic E-state index is 0.134. The van der Waals surface area contributed by atoms with Crippen LogP contribution in [-0.2, 0) is 0 Å². The summed E-state index contributed by atoms with van der Waals surface area (Å²) in [4.78, 5) is 23.1. The van der Waals surface area contributed by atoms with Crippen molar-refractivity contribution >= 4 is 52.1 Å². The quantitative estimate of drug-likeness (QED) is 0.860. The molecule has 2 rings (SSSR count). The maximum absolute atomic E-state index is 12.7. The molecule has 2 aromatic heterocycles. The average Bonchev–Trinajstić information content (AvgIpc) is 3.04. The predicted molar refractivity (Wildman–Crippen MR) is 80.8 cm³/mol. The fourth-order valence-corrected chi connectivity index (χ4v) is 2.77. The highest BCUT2D eigenvalue weighted by molar-refractivity contribution is 7.14. The first kappa shape index (κ1) is 16.3. The van der Waals surface area contributed by atoms with Gasteiger partial charge in [-0.2, -0.15) is 13.2 Å². The molecule has 116 valence electrons. The van der Waals surface area contributed by atoms with Crippen molar-refractivity contribution in [3.63, 3.8) is 0 Å². The van der Waals surface area contributed by atoms with Gasteiger partial charge < -0.3 is 0 Å². The first-order chi connectivity index (χ1) is 10.3. The zero-order valence-corrected chi connectivity index (χ0v) is 12.8. The summed E-state index contributed by atoms with van der Waals surface area (Å²) >= 11 is 2.03. The third kappa shape index (κ3) is 3.77. The lowest BCUT2D eigenvalue weighted by Gasteiger charge is -2.03. The number of amides is 1. The third-order valence-electron chi connectivity index (χ3n) is 2.40. The SMILES string of the molecule is C=c1nc(NC(=O)c2cncs2)s/c1=C/C(=N\C)C(F)(F)F.